The van der Waals surface area contributed by atoms with Crippen molar-refractivity contribution in [3.63, 3.8) is 0 Å². The van der Waals surface area contributed by atoms with E-state index in [9.17, 15) is 0 Å². The average molecular weight is 183 g/mol. The topological polar surface area (TPSA) is 3.24 Å². The molecule has 0 aromatic rings. The van der Waals surface area contributed by atoms with Crippen molar-refractivity contribution in [3.8, 4) is 0 Å². The molecule has 78 valence electrons. The summed E-state index contributed by atoms with van der Waals surface area (Å²) in [5.41, 5.74) is 0. The highest BCUT2D eigenvalue weighted by molar-refractivity contribution is 4.85. The molecule has 0 aliphatic heterocycles. The zero-order valence-corrected chi connectivity index (χ0v) is 9.71. The van der Waals surface area contributed by atoms with E-state index in [1.165, 1.54) is 19.3 Å². The van der Waals surface area contributed by atoms with Gasteiger partial charge in [0.2, 0.25) is 0 Å². The van der Waals surface area contributed by atoms with Crippen LogP contribution >= 0.6 is 0 Å². The number of unbranched alkanes of at least 4 members (excludes halogenated alkanes) is 1. The molecule has 0 saturated carbocycles. The molecule has 0 aliphatic carbocycles. The van der Waals surface area contributed by atoms with E-state index < -0.39 is 0 Å². The minimum Gasteiger partial charge on any atom is -0.378 e. The van der Waals surface area contributed by atoms with E-state index >= 15 is 0 Å². The third-order valence-electron chi connectivity index (χ3n) is 2.45. The lowest BCUT2D eigenvalue weighted by Gasteiger charge is -2.15. The van der Waals surface area contributed by atoms with Gasteiger partial charge in [-0.2, -0.15) is 0 Å². The third kappa shape index (κ3) is 6.68. The lowest BCUT2D eigenvalue weighted by molar-refractivity contribution is 0.413. The van der Waals surface area contributed by atoms with E-state index in [-0.39, 0.29) is 0 Å². The van der Waals surface area contributed by atoms with Crippen molar-refractivity contribution >= 4 is 0 Å². The summed E-state index contributed by atoms with van der Waals surface area (Å²) in [5.74, 6) is 0.737. The van der Waals surface area contributed by atoms with Crippen molar-refractivity contribution in [3.05, 3.63) is 12.3 Å². The van der Waals surface area contributed by atoms with Crippen LogP contribution in [0.15, 0.2) is 12.3 Å². The maximum Gasteiger partial charge on any atom is 0.0143 e. The SMILES string of the molecule is CCCC[C@@H](C)/C=C/N(CC)CC. The summed E-state index contributed by atoms with van der Waals surface area (Å²) in [4.78, 5) is 2.34. The quantitative estimate of drug-likeness (QED) is 0.582. The number of rotatable bonds is 7. The van der Waals surface area contributed by atoms with Crippen LogP contribution in [0.1, 0.15) is 47.0 Å². The van der Waals surface area contributed by atoms with Crippen LogP contribution in [0.25, 0.3) is 0 Å². The summed E-state index contributed by atoms with van der Waals surface area (Å²) < 4.78 is 0. The van der Waals surface area contributed by atoms with Gasteiger partial charge < -0.3 is 4.90 Å². The Kier molecular flexibility index (Phi) is 7.86. The molecule has 0 unspecified atom stereocenters. The summed E-state index contributed by atoms with van der Waals surface area (Å²) in [6, 6.07) is 0. The van der Waals surface area contributed by atoms with Crippen molar-refractivity contribution in [1.29, 1.82) is 0 Å². The Morgan fingerprint density at radius 1 is 1.15 bits per heavy atom. The molecule has 0 fully saturated rings. The van der Waals surface area contributed by atoms with Crippen LogP contribution in [0.2, 0.25) is 0 Å². The van der Waals surface area contributed by atoms with Gasteiger partial charge in [-0.05, 0) is 32.4 Å². The number of hydrogen-bond donors (Lipinski definition) is 0. The van der Waals surface area contributed by atoms with E-state index in [0.29, 0.717) is 0 Å². The molecular weight excluding hydrogens is 158 g/mol. The van der Waals surface area contributed by atoms with Gasteiger partial charge in [-0.15, -0.1) is 0 Å². The first-order valence-electron chi connectivity index (χ1n) is 5.66. The van der Waals surface area contributed by atoms with Gasteiger partial charge in [-0.3, -0.25) is 0 Å². The molecule has 1 nitrogen and oxygen atoms in total. The molecule has 1 atom stereocenters. The number of hydrogen-bond acceptors (Lipinski definition) is 1. The Balaban J connectivity index is 3.67. The second-order valence-electron chi connectivity index (χ2n) is 3.68. The minimum absolute atomic E-state index is 0.737. The Bertz CT molecular complexity index is 125. The molecule has 0 saturated heterocycles. The number of nitrogens with zero attached hydrogens (tertiary/aromatic N) is 1. The molecule has 0 rings (SSSR count). The standard InChI is InChI=1S/C12H25N/c1-5-8-9-12(4)10-11-13(6-2)7-3/h10-12H,5-9H2,1-4H3/b11-10+/t12-/m1/s1. The highest BCUT2D eigenvalue weighted by Crippen LogP contribution is 2.09. The van der Waals surface area contributed by atoms with Gasteiger partial charge in [0, 0.05) is 13.1 Å². The lowest BCUT2D eigenvalue weighted by Crippen LogP contribution is -2.15. The molecule has 0 bridgehead atoms. The van der Waals surface area contributed by atoms with Crippen molar-refractivity contribution < 1.29 is 0 Å². The maximum atomic E-state index is 2.34. The molecule has 0 heterocycles. The van der Waals surface area contributed by atoms with E-state index in [4.69, 9.17) is 0 Å². The Labute approximate surface area is 83.8 Å². The second-order valence-corrected chi connectivity index (χ2v) is 3.68. The molecule has 13 heavy (non-hydrogen) atoms. The summed E-state index contributed by atoms with van der Waals surface area (Å²) >= 11 is 0. The second kappa shape index (κ2) is 8.15. The lowest BCUT2D eigenvalue weighted by atomic mass is 10.0. The Hall–Kier alpha value is -0.460. The molecule has 0 spiro atoms. The van der Waals surface area contributed by atoms with Crippen LogP contribution in [0.4, 0.5) is 0 Å². The van der Waals surface area contributed by atoms with Crippen LogP contribution in [-0.2, 0) is 0 Å². The fraction of sp³-hybridized carbons (Fsp3) is 0.833. The Morgan fingerprint density at radius 2 is 1.77 bits per heavy atom. The predicted molar refractivity (Wildman–Crippen MR) is 60.8 cm³/mol. The summed E-state index contributed by atoms with van der Waals surface area (Å²) in [6.07, 6.45) is 8.57. The molecule has 0 radical (unpaired) electrons. The van der Waals surface area contributed by atoms with Crippen LogP contribution in [0.3, 0.4) is 0 Å². The molecule has 0 amide bonds. The first-order chi connectivity index (χ1) is 6.24. The van der Waals surface area contributed by atoms with Gasteiger partial charge >= 0.3 is 0 Å². The van der Waals surface area contributed by atoms with Crippen LogP contribution < -0.4 is 0 Å². The highest BCUT2D eigenvalue weighted by atomic mass is 15.1. The van der Waals surface area contributed by atoms with Crippen LogP contribution in [0, 0.1) is 5.92 Å². The van der Waals surface area contributed by atoms with Crippen LogP contribution in [-0.4, -0.2) is 18.0 Å². The van der Waals surface area contributed by atoms with Gasteiger partial charge in [0.25, 0.3) is 0 Å². The largest absolute Gasteiger partial charge is 0.378 e. The van der Waals surface area contributed by atoms with E-state index in [1.807, 2.05) is 0 Å². The fourth-order valence-corrected chi connectivity index (χ4v) is 1.33. The third-order valence-corrected chi connectivity index (χ3v) is 2.45. The summed E-state index contributed by atoms with van der Waals surface area (Å²) in [6.45, 7) is 11.2. The maximum absolute atomic E-state index is 2.34. The Morgan fingerprint density at radius 3 is 2.23 bits per heavy atom. The molecule has 0 aromatic heterocycles. The normalized spacial score (nSPS) is 13.5. The zero-order chi connectivity index (χ0) is 10.1. The van der Waals surface area contributed by atoms with Crippen molar-refractivity contribution in [1.82, 2.24) is 4.90 Å². The van der Waals surface area contributed by atoms with E-state index in [1.54, 1.807) is 0 Å². The minimum atomic E-state index is 0.737. The first kappa shape index (κ1) is 12.5. The van der Waals surface area contributed by atoms with E-state index in [2.05, 4.69) is 44.9 Å². The van der Waals surface area contributed by atoms with Gasteiger partial charge in [0.05, 0.1) is 0 Å². The average Bonchev–Trinajstić information content (AvgIpc) is 2.16. The molecular formula is C12H25N. The zero-order valence-electron chi connectivity index (χ0n) is 9.71. The fourth-order valence-electron chi connectivity index (χ4n) is 1.33. The molecule has 0 aliphatic rings. The summed E-state index contributed by atoms with van der Waals surface area (Å²) in [7, 11) is 0. The van der Waals surface area contributed by atoms with Crippen molar-refractivity contribution in [2.75, 3.05) is 13.1 Å². The highest BCUT2D eigenvalue weighted by Gasteiger charge is 1.96. The monoisotopic (exact) mass is 183 g/mol. The van der Waals surface area contributed by atoms with Gasteiger partial charge in [-0.1, -0.05) is 32.8 Å². The summed E-state index contributed by atoms with van der Waals surface area (Å²) in [5, 5.41) is 0. The molecule has 0 N–H and O–H groups in total. The van der Waals surface area contributed by atoms with Crippen molar-refractivity contribution in [2.45, 2.75) is 47.0 Å². The van der Waals surface area contributed by atoms with Gasteiger partial charge in [-0.25, -0.2) is 0 Å². The number of allylic oxidation sites excluding steroid dienone is 1. The molecule has 0 aromatic carbocycles. The molecule has 1 heteroatoms. The predicted octanol–water partition coefficient (Wildman–Crippen LogP) is 3.67. The van der Waals surface area contributed by atoms with E-state index in [0.717, 1.165) is 19.0 Å². The van der Waals surface area contributed by atoms with Gasteiger partial charge in [0.1, 0.15) is 0 Å². The van der Waals surface area contributed by atoms with Crippen LogP contribution in [0.5, 0.6) is 0 Å². The van der Waals surface area contributed by atoms with Crippen molar-refractivity contribution in [2.24, 2.45) is 5.92 Å². The first-order valence-corrected chi connectivity index (χ1v) is 5.66. The smallest absolute Gasteiger partial charge is 0.0143 e. The van der Waals surface area contributed by atoms with Gasteiger partial charge in [0.15, 0.2) is 0 Å².